The van der Waals surface area contributed by atoms with E-state index in [-0.39, 0.29) is 23.7 Å². The van der Waals surface area contributed by atoms with Gasteiger partial charge in [0.05, 0.1) is 25.2 Å². The minimum atomic E-state index is -0.474. The quantitative estimate of drug-likeness (QED) is 0.315. The van der Waals surface area contributed by atoms with Crippen LogP contribution in [0.3, 0.4) is 0 Å². The zero-order valence-electron chi connectivity index (χ0n) is 22.4. The number of rotatable bonds is 8. The molecule has 0 fully saturated rings. The molecule has 2 aliphatic heterocycles. The van der Waals surface area contributed by atoms with Crippen molar-refractivity contribution in [2.45, 2.75) is 45.1 Å². The fourth-order valence-electron chi connectivity index (χ4n) is 5.62. The normalized spacial score (nSPS) is 15.6. The van der Waals surface area contributed by atoms with E-state index in [9.17, 15) is 14.7 Å². The molecule has 1 unspecified atom stereocenters. The van der Waals surface area contributed by atoms with E-state index in [0.717, 1.165) is 42.0 Å². The summed E-state index contributed by atoms with van der Waals surface area (Å²) in [4.78, 5) is 26.5. The van der Waals surface area contributed by atoms with Crippen LogP contribution < -0.4 is 19.8 Å². The predicted molar refractivity (Wildman–Crippen MR) is 151 cm³/mol. The zero-order chi connectivity index (χ0) is 27.6. The summed E-state index contributed by atoms with van der Waals surface area (Å²) < 4.78 is 19.2. The summed E-state index contributed by atoms with van der Waals surface area (Å²) in [6.07, 6.45) is 2.34. The number of esters is 1. The molecule has 4 aromatic rings. The summed E-state index contributed by atoms with van der Waals surface area (Å²) in [5.41, 5.74) is 5.26. The molecule has 204 valence electrons. The number of phenolic OH excluding ortho intramolecular Hbond substituents is 1. The lowest BCUT2D eigenvalue weighted by molar-refractivity contribution is -0.135. The van der Waals surface area contributed by atoms with Crippen molar-refractivity contribution in [1.82, 2.24) is 4.57 Å². The van der Waals surface area contributed by atoms with Crippen LogP contribution in [0.2, 0.25) is 0 Å². The first-order valence-corrected chi connectivity index (χ1v) is 13.7. The van der Waals surface area contributed by atoms with E-state index in [4.69, 9.17) is 14.2 Å². The molecule has 1 aromatic heterocycles. The Bertz CT molecular complexity index is 1620. The smallest absolute Gasteiger partial charge is 0.312 e. The van der Waals surface area contributed by atoms with E-state index in [1.165, 1.54) is 11.1 Å². The molecule has 0 radical (unpaired) electrons. The fraction of sp³-hybridized carbons (Fsp3) is 0.273. The highest BCUT2D eigenvalue weighted by molar-refractivity contribution is 5.78. The molecule has 7 heteroatoms. The second kappa shape index (κ2) is 10.9. The van der Waals surface area contributed by atoms with Gasteiger partial charge in [0.2, 0.25) is 0 Å². The summed E-state index contributed by atoms with van der Waals surface area (Å²) in [6, 6.07) is 22.6. The van der Waals surface area contributed by atoms with Gasteiger partial charge in [0.1, 0.15) is 23.0 Å². The van der Waals surface area contributed by atoms with Crippen LogP contribution in [0, 0.1) is 6.92 Å². The van der Waals surface area contributed by atoms with E-state index in [1.807, 2.05) is 49.4 Å². The predicted octanol–water partition coefficient (Wildman–Crippen LogP) is 5.10. The average Bonchev–Trinajstić information content (AvgIpc) is 3.42. The molecular formula is C33H31NO6. The molecule has 0 aliphatic carbocycles. The number of benzene rings is 3. The van der Waals surface area contributed by atoms with Gasteiger partial charge < -0.3 is 23.9 Å². The van der Waals surface area contributed by atoms with Crippen molar-refractivity contribution in [3.05, 3.63) is 117 Å². The molecule has 0 saturated heterocycles. The van der Waals surface area contributed by atoms with E-state index in [1.54, 1.807) is 22.8 Å². The maximum Gasteiger partial charge on any atom is 0.312 e. The Morgan fingerprint density at radius 1 is 0.950 bits per heavy atom. The minimum absolute atomic E-state index is 0.0639. The van der Waals surface area contributed by atoms with Gasteiger partial charge in [0.15, 0.2) is 0 Å². The van der Waals surface area contributed by atoms with Crippen LogP contribution in [-0.2, 0) is 30.6 Å². The lowest BCUT2D eigenvalue weighted by Gasteiger charge is -2.27. The van der Waals surface area contributed by atoms with E-state index < -0.39 is 5.92 Å². The number of fused-ring (bicyclic) bond motifs is 2. The molecule has 7 nitrogen and oxygen atoms in total. The van der Waals surface area contributed by atoms with Crippen molar-refractivity contribution in [2.24, 2.45) is 0 Å². The number of hydrogen-bond donors (Lipinski definition) is 1. The van der Waals surface area contributed by atoms with Crippen molar-refractivity contribution in [3.8, 4) is 23.0 Å². The maximum atomic E-state index is 13.9. The first kappa shape index (κ1) is 25.7. The molecule has 1 N–H and O–H groups in total. The van der Waals surface area contributed by atoms with Crippen molar-refractivity contribution >= 4 is 5.97 Å². The first-order valence-electron chi connectivity index (χ1n) is 13.7. The van der Waals surface area contributed by atoms with Crippen LogP contribution in [0.25, 0.3) is 0 Å². The highest BCUT2D eigenvalue weighted by Gasteiger charge is 2.34. The number of carbonyl (C=O) groups is 1. The summed E-state index contributed by atoms with van der Waals surface area (Å²) in [7, 11) is 0. The van der Waals surface area contributed by atoms with Gasteiger partial charge in [0, 0.05) is 42.6 Å². The van der Waals surface area contributed by atoms with Gasteiger partial charge in [0.25, 0.3) is 5.56 Å². The summed E-state index contributed by atoms with van der Waals surface area (Å²) >= 11 is 0. The molecule has 3 aromatic carbocycles. The van der Waals surface area contributed by atoms with Crippen LogP contribution in [-0.4, -0.2) is 28.9 Å². The van der Waals surface area contributed by atoms with Gasteiger partial charge in [-0.25, -0.2) is 0 Å². The lowest BCUT2D eigenvalue weighted by atomic mass is 9.86. The highest BCUT2D eigenvalue weighted by Crippen LogP contribution is 2.40. The molecule has 0 spiro atoms. The lowest BCUT2D eigenvalue weighted by Crippen LogP contribution is -2.33. The molecule has 0 amide bonds. The van der Waals surface area contributed by atoms with E-state index in [2.05, 4.69) is 12.1 Å². The summed E-state index contributed by atoms with van der Waals surface area (Å²) in [6.45, 7) is 3.50. The van der Waals surface area contributed by atoms with Crippen molar-refractivity contribution < 1.29 is 24.1 Å². The molecule has 1 atom stereocenters. The average molecular weight is 538 g/mol. The summed E-state index contributed by atoms with van der Waals surface area (Å²) in [5.74, 6) is 1.30. The Morgan fingerprint density at radius 3 is 2.60 bits per heavy atom. The first-order chi connectivity index (χ1) is 19.5. The Balaban J connectivity index is 1.26. The van der Waals surface area contributed by atoms with Crippen LogP contribution >= 0.6 is 0 Å². The Morgan fingerprint density at radius 2 is 1.75 bits per heavy atom. The van der Waals surface area contributed by atoms with Crippen molar-refractivity contribution in [2.75, 3.05) is 13.2 Å². The standard InChI is InChI=1S/C33H31NO6/c1-21-18-30-32(33(37)34(21)15-12-22-6-9-25(35)10-7-22)27(20-31(36)40-30)26-4-2-3-5-29(26)39-16-13-23-8-11-28-24(19-23)14-17-38-28/h2-11,18-19,27,35H,12-17,20H2,1H3. The number of nitrogens with zero attached hydrogens (tertiary/aromatic N) is 1. The van der Waals surface area contributed by atoms with E-state index >= 15 is 0 Å². The van der Waals surface area contributed by atoms with Gasteiger partial charge in [-0.15, -0.1) is 0 Å². The molecular weight excluding hydrogens is 506 g/mol. The molecule has 6 rings (SSSR count). The van der Waals surface area contributed by atoms with Gasteiger partial charge in [-0.2, -0.15) is 0 Å². The van der Waals surface area contributed by atoms with E-state index in [0.29, 0.717) is 36.6 Å². The second-order valence-electron chi connectivity index (χ2n) is 10.3. The third-order valence-electron chi connectivity index (χ3n) is 7.71. The number of phenols is 1. The monoisotopic (exact) mass is 537 g/mol. The van der Waals surface area contributed by atoms with Crippen LogP contribution in [0.1, 0.15) is 45.8 Å². The van der Waals surface area contributed by atoms with Gasteiger partial charge >= 0.3 is 5.97 Å². The highest BCUT2D eigenvalue weighted by atomic mass is 16.5. The van der Waals surface area contributed by atoms with Crippen LogP contribution in [0.5, 0.6) is 23.0 Å². The Kier molecular flexibility index (Phi) is 7.03. The number of para-hydroxylation sites is 1. The minimum Gasteiger partial charge on any atom is -0.508 e. The summed E-state index contributed by atoms with van der Waals surface area (Å²) in [5, 5.41) is 9.58. The third-order valence-corrected chi connectivity index (χ3v) is 7.71. The maximum absolute atomic E-state index is 13.9. The number of pyridine rings is 1. The largest absolute Gasteiger partial charge is 0.508 e. The number of aromatic nitrogens is 1. The van der Waals surface area contributed by atoms with Gasteiger partial charge in [-0.3, -0.25) is 9.59 Å². The topological polar surface area (TPSA) is 87.0 Å². The Hall–Kier alpha value is -4.52. The van der Waals surface area contributed by atoms with Gasteiger partial charge in [-0.05, 0) is 54.3 Å². The van der Waals surface area contributed by atoms with Crippen molar-refractivity contribution in [3.63, 3.8) is 0 Å². The molecule has 0 saturated carbocycles. The van der Waals surface area contributed by atoms with Gasteiger partial charge in [-0.1, -0.05) is 42.5 Å². The number of aromatic hydroxyl groups is 1. The number of hydrogen-bond acceptors (Lipinski definition) is 6. The number of ether oxygens (including phenoxy) is 3. The zero-order valence-corrected chi connectivity index (χ0v) is 22.4. The molecule has 2 aliphatic rings. The van der Waals surface area contributed by atoms with Crippen LogP contribution in [0.15, 0.2) is 77.6 Å². The Labute approximate surface area is 232 Å². The molecule has 3 heterocycles. The van der Waals surface area contributed by atoms with Crippen LogP contribution in [0.4, 0.5) is 0 Å². The molecule has 0 bridgehead atoms. The third kappa shape index (κ3) is 5.19. The number of carbonyl (C=O) groups excluding carboxylic acids is 1. The SMILES string of the molecule is Cc1cc2c(c(=O)n1CCc1ccc(O)cc1)C(c1ccccc1OCCc1ccc3c(c1)CCO3)CC(=O)O2. The second-order valence-corrected chi connectivity index (χ2v) is 10.3. The molecule has 40 heavy (non-hydrogen) atoms. The fourth-order valence-corrected chi connectivity index (χ4v) is 5.62. The van der Waals surface area contributed by atoms with Crippen molar-refractivity contribution in [1.29, 1.82) is 0 Å². The number of aryl methyl sites for hydroxylation is 2.